The van der Waals surface area contributed by atoms with Crippen molar-refractivity contribution in [1.29, 1.82) is 0 Å². The van der Waals surface area contributed by atoms with E-state index in [2.05, 4.69) is 10.3 Å². The van der Waals surface area contributed by atoms with Crippen molar-refractivity contribution in [1.82, 2.24) is 10.3 Å². The lowest BCUT2D eigenvalue weighted by Crippen LogP contribution is -2.23. The zero-order chi connectivity index (χ0) is 14.8. The molecule has 1 aliphatic heterocycles. The molecule has 2 aromatic rings. The van der Waals surface area contributed by atoms with E-state index in [0.29, 0.717) is 15.6 Å². The van der Waals surface area contributed by atoms with Crippen LogP contribution < -0.4 is 5.32 Å². The second kappa shape index (κ2) is 5.87. The number of pyridine rings is 1. The van der Waals surface area contributed by atoms with Gasteiger partial charge in [-0.15, -0.1) is 0 Å². The predicted octanol–water partition coefficient (Wildman–Crippen LogP) is 2.64. The summed E-state index contributed by atoms with van der Waals surface area (Å²) in [6, 6.07) is 12.5. The van der Waals surface area contributed by atoms with Gasteiger partial charge in [0.25, 0.3) is 0 Å². The third-order valence-electron chi connectivity index (χ3n) is 3.22. The normalized spacial score (nSPS) is 21.4. The summed E-state index contributed by atoms with van der Waals surface area (Å²) in [5.41, 5.74) is 0.663. The topological polar surface area (TPSA) is 59.1 Å². The first-order chi connectivity index (χ1) is 10.2. The fourth-order valence-corrected chi connectivity index (χ4v) is 3.62. The van der Waals surface area contributed by atoms with Gasteiger partial charge in [0.05, 0.1) is 10.9 Å². The van der Waals surface area contributed by atoms with E-state index in [1.165, 1.54) is 11.8 Å². The molecule has 106 valence electrons. The molecule has 2 unspecified atom stereocenters. The fourth-order valence-electron chi connectivity index (χ4n) is 2.26. The zero-order valence-electron chi connectivity index (χ0n) is 10.8. The lowest BCUT2D eigenvalue weighted by molar-refractivity contribution is -0.125. The molecule has 0 aliphatic carbocycles. The number of nitrogens with zero attached hydrogens (tertiary/aromatic N) is 1. The zero-order valence-corrected chi connectivity index (χ0v) is 12.4. The molecule has 0 bridgehead atoms. The molecule has 1 aromatic heterocycles. The quantitative estimate of drug-likeness (QED) is 0.884. The van der Waals surface area contributed by atoms with Crippen LogP contribution >= 0.6 is 23.4 Å². The second-order valence-corrected chi connectivity index (χ2v) is 6.13. The van der Waals surface area contributed by atoms with Crippen LogP contribution in [0, 0.1) is 0 Å². The third-order valence-corrected chi connectivity index (χ3v) is 4.78. The average molecular weight is 319 g/mol. The molecule has 3 rings (SSSR count). The molecule has 1 aromatic carbocycles. The van der Waals surface area contributed by atoms with Gasteiger partial charge in [-0.3, -0.25) is 14.9 Å². The van der Waals surface area contributed by atoms with Gasteiger partial charge < -0.3 is 0 Å². The summed E-state index contributed by atoms with van der Waals surface area (Å²) in [5, 5.41) is 3.00. The van der Waals surface area contributed by atoms with Gasteiger partial charge in [-0.2, -0.15) is 0 Å². The number of thioether (sulfide) groups is 1. The molecule has 2 atom stereocenters. The van der Waals surface area contributed by atoms with E-state index in [0.717, 1.165) is 0 Å². The number of hydrogen-bond acceptors (Lipinski definition) is 4. The van der Waals surface area contributed by atoms with Crippen LogP contribution in [0.4, 0.5) is 0 Å². The number of imide groups is 1. The molecule has 0 spiro atoms. The standard InChI is InChI=1S/C15H11ClN2O2S/c16-10-6-2-1-5-9(10)12-13(15(20)18-14(12)19)21-11-7-3-4-8-17-11/h1-8,12-13H,(H,18,19,20). The van der Waals surface area contributed by atoms with Crippen molar-refractivity contribution >= 4 is 35.2 Å². The van der Waals surface area contributed by atoms with Crippen molar-refractivity contribution in [2.45, 2.75) is 16.2 Å². The van der Waals surface area contributed by atoms with Crippen LogP contribution in [0.15, 0.2) is 53.7 Å². The molecule has 0 radical (unpaired) electrons. The Morgan fingerprint density at radius 2 is 1.81 bits per heavy atom. The van der Waals surface area contributed by atoms with Gasteiger partial charge in [-0.25, -0.2) is 4.98 Å². The molecule has 21 heavy (non-hydrogen) atoms. The molecule has 4 nitrogen and oxygen atoms in total. The summed E-state index contributed by atoms with van der Waals surface area (Å²) < 4.78 is 0. The molecule has 1 N–H and O–H groups in total. The fraction of sp³-hybridized carbons (Fsp3) is 0.133. The Labute approximate surface area is 130 Å². The average Bonchev–Trinajstić information content (AvgIpc) is 2.75. The molecule has 6 heteroatoms. The number of halogens is 1. The Hall–Kier alpha value is -1.85. The molecular weight excluding hydrogens is 308 g/mol. The molecule has 0 saturated carbocycles. The van der Waals surface area contributed by atoms with Crippen LogP contribution in [0.1, 0.15) is 11.5 Å². The highest BCUT2D eigenvalue weighted by molar-refractivity contribution is 8.00. The van der Waals surface area contributed by atoms with Crippen molar-refractivity contribution in [3.05, 3.63) is 59.2 Å². The molecule has 2 amide bonds. The first kappa shape index (κ1) is 14.1. The first-order valence-corrected chi connectivity index (χ1v) is 7.59. The van der Waals surface area contributed by atoms with Crippen LogP contribution in [0.5, 0.6) is 0 Å². The van der Waals surface area contributed by atoms with E-state index in [4.69, 9.17) is 11.6 Å². The maximum Gasteiger partial charge on any atom is 0.241 e. The minimum Gasteiger partial charge on any atom is -0.295 e. The number of carbonyl (C=O) groups is 2. The summed E-state index contributed by atoms with van der Waals surface area (Å²) in [4.78, 5) is 28.4. The van der Waals surface area contributed by atoms with Crippen LogP contribution in [0.25, 0.3) is 0 Å². The third kappa shape index (κ3) is 2.80. The van der Waals surface area contributed by atoms with Crippen molar-refractivity contribution in [2.75, 3.05) is 0 Å². The minimum absolute atomic E-state index is 0.305. The van der Waals surface area contributed by atoms with Crippen molar-refractivity contribution in [3.63, 3.8) is 0 Å². The van der Waals surface area contributed by atoms with Crippen LogP contribution in [0.2, 0.25) is 5.02 Å². The van der Waals surface area contributed by atoms with E-state index < -0.39 is 11.2 Å². The van der Waals surface area contributed by atoms with Gasteiger partial charge in [0.2, 0.25) is 11.8 Å². The number of aromatic nitrogens is 1. The number of rotatable bonds is 3. The van der Waals surface area contributed by atoms with Gasteiger partial charge in [0.1, 0.15) is 5.25 Å². The van der Waals surface area contributed by atoms with E-state index in [-0.39, 0.29) is 11.8 Å². The highest BCUT2D eigenvalue weighted by Gasteiger charge is 2.44. The first-order valence-electron chi connectivity index (χ1n) is 6.33. The molecule has 1 saturated heterocycles. The van der Waals surface area contributed by atoms with Crippen molar-refractivity contribution in [3.8, 4) is 0 Å². The Balaban J connectivity index is 1.95. The number of amides is 2. The number of carbonyl (C=O) groups excluding carboxylic acids is 2. The predicted molar refractivity (Wildman–Crippen MR) is 81.2 cm³/mol. The molecule has 1 aliphatic rings. The van der Waals surface area contributed by atoms with E-state index >= 15 is 0 Å². The number of nitrogens with one attached hydrogen (secondary N) is 1. The van der Waals surface area contributed by atoms with E-state index in [9.17, 15) is 9.59 Å². The van der Waals surface area contributed by atoms with Crippen molar-refractivity contribution in [2.24, 2.45) is 0 Å². The molecular formula is C15H11ClN2O2S. The SMILES string of the molecule is O=C1NC(=O)C(c2ccccc2Cl)C1Sc1ccccn1. The van der Waals surface area contributed by atoms with Crippen LogP contribution in [0.3, 0.4) is 0 Å². The maximum atomic E-state index is 12.1. The van der Waals surface area contributed by atoms with E-state index in [1.807, 2.05) is 12.1 Å². The summed E-state index contributed by atoms with van der Waals surface area (Å²) in [6.07, 6.45) is 1.65. The minimum atomic E-state index is -0.599. The summed E-state index contributed by atoms with van der Waals surface area (Å²) in [7, 11) is 0. The Kier molecular flexibility index (Phi) is 3.94. The van der Waals surface area contributed by atoms with Gasteiger partial charge in [-0.1, -0.05) is 47.6 Å². The highest BCUT2D eigenvalue weighted by Crippen LogP contribution is 2.38. The van der Waals surface area contributed by atoms with Crippen molar-refractivity contribution < 1.29 is 9.59 Å². The Morgan fingerprint density at radius 1 is 1.05 bits per heavy atom. The van der Waals surface area contributed by atoms with Gasteiger partial charge in [0.15, 0.2) is 0 Å². The van der Waals surface area contributed by atoms with Gasteiger partial charge in [-0.05, 0) is 23.8 Å². The van der Waals surface area contributed by atoms with Gasteiger partial charge >= 0.3 is 0 Å². The largest absolute Gasteiger partial charge is 0.295 e. The second-order valence-electron chi connectivity index (χ2n) is 4.56. The summed E-state index contributed by atoms with van der Waals surface area (Å²) in [6.45, 7) is 0. The Bertz CT molecular complexity index is 693. The number of hydrogen-bond donors (Lipinski definition) is 1. The van der Waals surface area contributed by atoms with Crippen LogP contribution in [-0.4, -0.2) is 22.0 Å². The van der Waals surface area contributed by atoms with Crippen LogP contribution in [-0.2, 0) is 9.59 Å². The molecule has 2 heterocycles. The molecule has 1 fully saturated rings. The van der Waals surface area contributed by atoms with Gasteiger partial charge in [0, 0.05) is 11.2 Å². The smallest absolute Gasteiger partial charge is 0.241 e. The number of benzene rings is 1. The summed E-state index contributed by atoms with van der Waals surface area (Å²) in [5.74, 6) is -1.22. The maximum absolute atomic E-state index is 12.1. The highest BCUT2D eigenvalue weighted by atomic mass is 35.5. The van der Waals surface area contributed by atoms with E-state index in [1.54, 1.807) is 36.5 Å². The summed E-state index contributed by atoms with van der Waals surface area (Å²) >= 11 is 7.44. The Morgan fingerprint density at radius 3 is 2.52 bits per heavy atom. The lowest BCUT2D eigenvalue weighted by atomic mass is 9.97. The monoisotopic (exact) mass is 318 g/mol. The lowest BCUT2D eigenvalue weighted by Gasteiger charge is -2.16.